The summed E-state index contributed by atoms with van der Waals surface area (Å²) in [5, 5.41) is 0. The molecule has 6 nitrogen and oxygen atoms in total. The largest absolute Gasteiger partial charge is 0.496 e. The second kappa shape index (κ2) is 7.70. The van der Waals surface area contributed by atoms with Gasteiger partial charge in [0.25, 0.3) is 0 Å². The highest BCUT2D eigenvalue weighted by Gasteiger charge is 2.31. The van der Waals surface area contributed by atoms with Crippen molar-refractivity contribution in [3.63, 3.8) is 0 Å². The lowest BCUT2D eigenvalue weighted by molar-refractivity contribution is -0.117. The second-order valence-electron chi connectivity index (χ2n) is 6.89. The van der Waals surface area contributed by atoms with Gasteiger partial charge in [0.15, 0.2) is 0 Å². The van der Waals surface area contributed by atoms with E-state index < -0.39 is 10.0 Å². The predicted molar refractivity (Wildman–Crippen MR) is 105 cm³/mol. The summed E-state index contributed by atoms with van der Waals surface area (Å²) in [6.45, 7) is 4.52. The van der Waals surface area contributed by atoms with Gasteiger partial charge in [0.05, 0.1) is 12.0 Å². The summed E-state index contributed by atoms with van der Waals surface area (Å²) in [5.41, 5.74) is 2.73. The van der Waals surface area contributed by atoms with Crippen LogP contribution in [0.15, 0.2) is 47.4 Å². The maximum absolute atomic E-state index is 12.6. The first-order valence-electron chi connectivity index (χ1n) is 8.81. The summed E-state index contributed by atoms with van der Waals surface area (Å²) in [7, 11) is -2.09. The first-order valence-corrected chi connectivity index (χ1v) is 10.3. The molecule has 0 bridgehead atoms. The minimum absolute atomic E-state index is 0.0170. The molecule has 2 aromatic rings. The Hall–Kier alpha value is -2.38. The number of carbonyl (C=O) groups excluding carboxylic acids is 1. The molecule has 0 unspecified atom stereocenters. The van der Waals surface area contributed by atoms with E-state index in [1.165, 1.54) is 6.07 Å². The molecule has 27 heavy (non-hydrogen) atoms. The smallest absolute Gasteiger partial charge is 0.240 e. The Bertz CT molecular complexity index is 939. The van der Waals surface area contributed by atoms with Crippen molar-refractivity contribution in [2.45, 2.75) is 25.2 Å². The fraction of sp³-hybridized carbons (Fsp3) is 0.350. The molecule has 0 aliphatic carbocycles. The molecule has 1 aliphatic heterocycles. The summed E-state index contributed by atoms with van der Waals surface area (Å²) in [4.78, 5) is 14.2. The molecule has 0 aromatic heterocycles. The van der Waals surface area contributed by atoms with Gasteiger partial charge in [-0.05, 0) is 55.7 Å². The lowest BCUT2D eigenvalue weighted by Gasteiger charge is -2.17. The molecule has 1 fully saturated rings. The molecule has 2 aromatic carbocycles. The van der Waals surface area contributed by atoms with Crippen molar-refractivity contribution in [2.24, 2.45) is 5.92 Å². The Kier molecular flexibility index (Phi) is 5.53. The van der Waals surface area contributed by atoms with Crippen molar-refractivity contribution >= 4 is 21.6 Å². The third-order valence-corrected chi connectivity index (χ3v) is 6.21. The van der Waals surface area contributed by atoms with Crippen LogP contribution in [0.4, 0.5) is 5.69 Å². The zero-order chi connectivity index (χ0) is 19.6. The number of nitrogens with zero attached hydrogens (tertiary/aromatic N) is 1. The summed E-state index contributed by atoms with van der Waals surface area (Å²) < 4.78 is 32.9. The molecule has 1 amide bonds. The monoisotopic (exact) mass is 388 g/mol. The number of rotatable bonds is 6. The zero-order valence-electron chi connectivity index (χ0n) is 15.7. The molecule has 144 valence electrons. The number of sulfonamides is 1. The number of carbonyl (C=O) groups is 1. The van der Waals surface area contributed by atoms with E-state index in [1.54, 1.807) is 31.1 Å². The average molecular weight is 388 g/mol. The van der Waals surface area contributed by atoms with Crippen LogP contribution in [0.3, 0.4) is 0 Å². The third-order valence-electron chi connectivity index (χ3n) is 4.79. The summed E-state index contributed by atoms with van der Waals surface area (Å²) in [6.07, 6.45) is 0.331. The maximum Gasteiger partial charge on any atom is 0.240 e. The minimum atomic E-state index is -3.64. The molecule has 1 saturated heterocycles. The number of hydrogen-bond acceptors (Lipinski definition) is 4. The summed E-state index contributed by atoms with van der Waals surface area (Å²) >= 11 is 0. The van der Waals surface area contributed by atoms with Gasteiger partial charge < -0.3 is 9.64 Å². The highest BCUT2D eigenvalue weighted by Crippen LogP contribution is 2.26. The number of amides is 1. The first-order chi connectivity index (χ1) is 12.8. The fourth-order valence-corrected chi connectivity index (χ4v) is 4.42. The predicted octanol–water partition coefficient (Wildman–Crippen LogP) is 2.64. The van der Waals surface area contributed by atoms with Crippen LogP contribution in [-0.2, 0) is 14.8 Å². The average Bonchev–Trinajstić information content (AvgIpc) is 3.01. The molecule has 1 aliphatic rings. The van der Waals surface area contributed by atoms with Gasteiger partial charge in [0.2, 0.25) is 15.9 Å². The quantitative estimate of drug-likeness (QED) is 0.825. The number of aryl methyl sites for hydroxylation is 2. The Labute approximate surface area is 160 Å². The minimum Gasteiger partial charge on any atom is -0.496 e. The van der Waals surface area contributed by atoms with E-state index in [1.807, 2.05) is 31.2 Å². The van der Waals surface area contributed by atoms with Crippen LogP contribution in [0.5, 0.6) is 5.75 Å². The molecule has 1 heterocycles. The van der Waals surface area contributed by atoms with Crippen molar-refractivity contribution in [2.75, 3.05) is 25.1 Å². The third kappa shape index (κ3) is 4.31. The maximum atomic E-state index is 12.6. The Morgan fingerprint density at radius 2 is 1.85 bits per heavy atom. The molecule has 0 spiro atoms. The van der Waals surface area contributed by atoms with Crippen molar-refractivity contribution in [1.82, 2.24) is 4.72 Å². The standard InChI is InChI=1S/C20H24N2O4S/c1-14-4-6-17(7-5-14)22-13-16(11-20(22)23)12-21-27(24,25)18-8-9-19(26-3)15(2)10-18/h4-10,16,21H,11-13H2,1-3H3/t16-/m1/s1. The van der Waals surface area contributed by atoms with Crippen LogP contribution < -0.4 is 14.4 Å². The number of hydrogen-bond donors (Lipinski definition) is 1. The molecular weight excluding hydrogens is 364 g/mol. The Balaban J connectivity index is 1.65. The topological polar surface area (TPSA) is 75.7 Å². The molecule has 7 heteroatoms. The molecule has 0 radical (unpaired) electrons. The number of benzene rings is 2. The highest BCUT2D eigenvalue weighted by atomic mass is 32.2. The Morgan fingerprint density at radius 1 is 1.15 bits per heavy atom. The summed E-state index contributed by atoms with van der Waals surface area (Å²) in [6, 6.07) is 12.5. The molecule has 1 atom stereocenters. The van der Waals surface area contributed by atoms with Gasteiger partial charge in [-0.15, -0.1) is 0 Å². The van der Waals surface area contributed by atoms with E-state index >= 15 is 0 Å². The van der Waals surface area contributed by atoms with E-state index in [2.05, 4.69) is 4.72 Å². The van der Waals surface area contributed by atoms with Crippen LogP contribution in [0.25, 0.3) is 0 Å². The van der Waals surface area contributed by atoms with Crippen molar-refractivity contribution in [1.29, 1.82) is 0 Å². The fourth-order valence-electron chi connectivity index (χ4n) is 3.22. The van der Waals surface area contributed by atoms with Gasteiger partial charge in [-0.1, -0.05) is 17.7 Å². The Morgan fingerprint density at radius 3 is 2.48 bits per heavy atom. The van der Waals surface area contributed by atoms with Gasteiger partial charge in [-0.3, -0.25) is 4.79 Å². The van der Waals surface area contributed by atoms with Crippen molar-refractivity contribution in [3.8, 4) is 5.75 Å². The number of nitrogens with one attached hydrogen (secondary N) is 1. The van der Waals surface area contributed by atoms with E-state index in [0.717, 1.165) is 16.8 Å². The van der Waals surface area contributed by atoms with Crippen molar-refractivity contribution in [3.05, 3.63) is 53.6 Å². The molecule has 1 N–H and O–H groups in total. The summed E-state index contributed by atoms with van der Waals surface area (Å²) in [5.74, 6) is 0.598. The van der Waals surface area contributed by atoms with Gasteiger partial charge in [-0.25, -0.2) is 13.1 Å². The van der Waals surface area contributed by atoms with Gasteiger partial charge in [0.1, 0.15) is 5.75 Å². The van der Waals surface area contributed by atoms with E-state index in [0.29, 0.717) is 18.7 Å². The van der Waals surface area contributed by atoms with Crippen LogP contribution in [0.1, 0.15) is 17.5 Å². The van der Waals surface area contributed by atoms with E-state index in [4.69, 9.17) is 4.74 Å². The van der Waals surface area contributed by atoms with Gasteiger partial charge >= 0.3 is 0 Å². The molecular formula is C20H24N2O4S. The normalized spacial score (nSPS) is 17.4. The second-order valence-corrected chi connectivity index (χ2v) is 8.66. The molecule has 0 saturated carbocycles. The van der Waals surface area contributed by atoms with Crippen LogP contribution in [0.2, 0.25) is 0 Å². The van der Waals surface area contributed by atoms with Crippen LogP contribution in [-0.4, -0.2) is 34.5 Å². The highest BCUT2D eigenvalue weighted by molar-refractivity contribution is 7.89. The number of ether oxygens (including phenoxy) is 1. The van der Waals surface area contributed by atoms with Crippen LogP contribution >= 0.6 is 0 Å². The number of methoxy groups -OCH3 is 1. The number of anilines is 1. The zero-order valence-corrected chi connectivity index (χ0v) is 16.5. The van der Waals surface area contributed by atoms with Crippen molar-refractivity contribution < 1.29 is 17.9 Å². The van der Waals surface area contributed by atoms with E-state index in [9.17, 15) is 13.2 Å². The van der Waals surface area contributed by atoms with E-state index in [-0.39, 0.29) is 23.3 Å². The molecule has 3 rings (SSSR count). The van der Waals surface area contributed by atoms with Crippen LogP contribution in [0, 0.1) is 19.8 Å². The van der Waals surface area contributed by atoms with Gasteiger partial charge in [0, 0.05) is 25.2 Å². The first kappa shape index (κ1) is 19.4. The lowest BCUT2D eigenvalue weighted by atomic mass is 10.1. The lowest BCUT2D eigenvalue weighted by Crippen LogP contribution is -2.31. The van der Waals surface area contributed by atoms with Gasteiger partial charge in [-0.2, -0.15) is 0 Å². The SMILES string of the molecule is COc1ccc(S(=O)(=O)NC[C@H]2CC(=O)N(c3ccc(C)cc3)C2)cc1C.